The summed E-state index contributed by atoms with van der Waals surface area (Å²) >= 11 is 6.18. The van der Waals surface area contributed by atoms with Crippen molar-refractivity contribution in [3.8, 4) is 11.5 Å². The largest absolute Gasteiger partial charge is 0.497 e. The molecule has 4 heteroatoms. The molecule has 1 heterocycles. The molecule has 94 valence electrons. The summed E-state index contributed by atoms with van der Waals surface area (Å²) in [6.07, 6.45) is 1.71. The van der Waals surface area contributed by atoms with Crippen LogP contribution in [0, 0.1) is 0 Å². The fraction of sp³-hybridized carbons (Fsp3) is 0.538. The van der Waals surface area contributed by atoms with Crippen LogP contribution < -0.4 is 9.47 Å². The molecule has 0 aromatic heterocycles. The van der Waals surface area contributed by atoms with Gasteiger partial charge in [0.1, 0.15) is 11.5 Å². The zero-order valence-electron chi connectivity index (χ0n) is 10.1. The lowest BCUT2D eigenvalue weighted by molar-refractivity contribution is 0.0154. The van der Waals surface area contributed by atoms with Crippen LogP contribution >= 0.6 is 11.6 Å². The molecule has 1 saturated heterocycles. The van der Waals surface area contributed by atoms with Crippen molar-refractivity contribution < 1.29 is 14.2 Å². The van der Waals surface area contributed by atoms with Gasteiger partial charge >= 0.3 is 0 Å². The van der Waals surface area contributed by atoms with Crippen molar-refractivity contribution >= 4 is 11.6 Å². The van der Waals surface area contributed by atoms with Crippen molar-refractivity contribution in [1.82, 2.24) is 0 Å². The van der Waals surface area contributed by atoms with E-state index in [1.165, 1.54) is 0 Å². The average molecular weight is 257 g/mol. The number of alkyl halides is 1. The van der Waals surface area contributed by atoms with E-state index in [1.54, 1.807) is 14.2 Å². The minimum atomic E-state index is -0.00343. The Kier molecular flexibility index (Phi) is 4.13. The van der Waals surface area contributed by atoms with Crippen LogP contribution in [0.1, 0.15) is 24.5 Å². The van der Waals surface area contributed by atoms with Gasteiger partial charge in [0.15, 0.2) is 0 Å². The van der Waals surface area contributed by atoms with E-state index in [0.717, 1.165) is 29.9 Å². The SMILES string of the molecule is COc1ccc(OC)c(C2CC(Cl)CCO2)c1. The fourth-order valence-electron chi connectivity index (χ4n) is 2.06. The van der Waals surface area contributed by atoms with E-state index in [9.17, 15) is 0 Å². The summed E-state index contributed by atoms with van der Waals surface area (Å²) in [6.45, 7) is 0.694. The Balaban J connectivity index is 2.27. The van der Waals surface area contributed by atoms with Crippen molar-refractivity contribution in [2.24, 2.45) is 0 Å². The monoisotopic (exact) mass is 256 g/mol. The summed E-state index contributed by atoms with van der Waals surface area (Å²) in [7, 11) is 3.31. The molecule has 1 aliphatic rings. The van der Waals surface area contributed by atoms with Crippen LogP contribution in [0.2, 0.25) is 0 Å². The van der Waals surface area contributed by atoms with Gasteiger partial charge in [0, 0.05) is 17.5 Å². The summed E-state index contributed by atoms with van der Waals surface area (Å²) in [5.41, 5.74) is 1.01. The molecule has 0 N–H and O–H groups in total. The van der Waals surface area contributed by atoms with Crippen LogP contribution in [-0.2, 0) is 4.74 Å². The zero-order valence-corrected chi connectivity index (χ0v) is 10.9. The van der Waals surface area contributed by atoms with Crippen LogP contribution in [0.25, 0.3) is 0 Å². The summed E-state index contributed by atoms with van der Waals surface area (Å²) in [4.78, 5) is 0. The van der Waals surface area contributed by atoms with Gasteiger partial charge in [0.25, 0.3) is 0 Å². The predicted molar refractivity (Wildman–Crippen MR) is 67.1 cm³/mol. The lowest BCUT2D eigenvalue weighted by Gasteiger charge is -2.27. The van der Waals surface area contributed by atoms with Gasteiger partial charge in [-0.1, -0.05) is 0 Å². The number of halogens is 1. The van der Waals surface area contributed by atoms with Gasteiger partial charge in [-0.05, 0) is 31.0 Å². The first-order valence-corrected chi connectivity index (χ1v) is 6.16. The van der Waals surface area contributed by atoms with Gasteiger partial charge in [-0.15, -0.1) is 11.6 Å². The number of methoxy groups -OCH3 is 2. The Morgan fingerprint density at radius 1 is 1.29 bits per heavy atom. The highest BCUT2D eigenvalue weighted by Gasteiger charge is 2.25. The van der Waals surface area contributed by atoms with Gasteiger partial charge in [-0.2, -0.15) is 0 Å². The molecule has 0 spiro atoms. The maximum atomic E-state index is 6.18. The maximum absolute atomic E-state index is 6.18. The smallest absolute Gasteiger partial charge is 0.124 e. The van der Waals surface area contributed by atoms with Crippen LogP contribution in [0.5, 0.6) is 11.5 Å². The van der Waals surface area contributed by atoms with Crippen molar-refractivity contribution in [3.63, 3.8) is 0 Å². The molecule has 0 radical (unpaired) electrons. The van der Waals surface area contributed by atoms with Crippen LogP contribution in [-0.4, -0.2) is 26.2 Å². The lowest BCUT2D eigenvalue weighted by atomic mass is 10.00. The summed E-state index contributed by atoms with van der Waals surface area (Å²) in [6, 6.07) is 5.73. The number of rotatable bonds is 3. The molecule has 1 fully saturated rings. The molecule has 3 nitrogen and oxygen atoms in total. The fourth-order valence-corrected chi connectivity index (χ4v) is 2.32. The molecule has 0 saturated carbocycles. The standard InChI is InChI=1S/C13H17ClO3/c1-15-10-3-4-12(16-2)11(8-10)13-7-9(14)5-6-17-13/h3-4,8-9,13H,5-7H2,1-2H3. The summed E-state index contributed by atoms with van der Waals surface area (Å²) in [5, 5.41) is 0.171. The third-order valence-corrected chi connectivity index (χ3v) is 3.40. The van der Waals surface area contributed by atoms with E-state index < -0.39 is 0 Å². The lowest BCUT2D eigenvalue weighted by Crippen LogP contribution is -2.20. The van der Waals surface area contributed by atoms with Crippen LogP contribution in [0.15, 0.2) is 18.2 Å². The van der Waals surface area contributed by atoms with Crippen molar-refractivity contribution in [1.29, 1.82) is 0 Å². The molecule has 1 aromatic carbocycles. The van der Waals surface area contributed by atoms with E-state index >= 15 is 0 Å². The zero-order chi connectivity index (χ0) is 12.3. The topological polar surface area (TPSA) is 27.7 Å². The number of benzene rings is 1. The van der Waals surface area contributed by atoms with Crippen molar-refractivity contribution in [2.45, 2.75) is 24.3 Å². The molecule has 0 aliphatic carbocycles. The summed E-state index contributed by atoms with van der Waals surface area (Å²) < 4.78 is 16.3. The predicted octanol–water partition coefficient (Wildman–Crippen LogP) is 3.16. The van der Waals surface area contributed by atoms with E-state index in [-0.39, 0.29) is 11.5 Å². The summed E-state index contributed by atoms with van der Waals surface area (Å²) in [5.74, 6) is 1.63. The molecule has 0 amide bonds. The Hall–Kier alpha value is -0.930. The molecular weight excluding hydrogens is 240 g/mol. The molecule has 2 atom stereocenters. The quantitative estimate of drug-likeness (QED) is 0.778. The van der Waals surface area contributed by atoms with E-state index in [2.05, 4.69) is 0 Å². The van der Waals surface area contributed by atoms with E-state index in [1.807, 2.05) is 18.2 Å². The number of ether oxygens (including phenoxy) is 3. The Morgan fingerprint density at radius 3 is 2.76 bits per heavy atom. The number of hydrogen-bond donors (Lipinski definition) is 0. The van der Waals surface area contributed by atoms with Gasteiger partial charge < -0.3 is 14.2 Å². The van der Waals surface area contributed by atoms with Crippen molar-refractivity contribution in [3.05, 3.63) is 23.8 Å². The second kappa shape index (κ2) is 5.61. The highest BCUT2D eigenvalue weighted by atomic mass is 35.5. The minimum Gasteiger partial charge on any atom is -0.497 e. The molecule has 17 heavy (non-hydrogen) atoms. The maximum Gasteiger partial charge on any atom is 0.124 e. The van der Waals surface area contributed by atoms with Gasteiger partial charge in [-0.25, -0.2) is 0 Å². The van der Waals surface area contributed by atoms with Gasteiger partial charge in [0.2, 0.25) is 0 Å². The Labute approximate surface area is 107 Å². The molecule has 2 unspecified atom stereocenters. The van der Waals surface area contributed by atoms with Crippen LogP contribution in [0.3, 0.4) is 0 Å². The molecule has 0 bridgehead atoms. The molecule has 1 aromatic rings. The molecular formula is C13H17ClO3. The highest BCUT2D eigenvalue weighted by Crippen LogP contribution is 2.37. The highest BCUT2D eigenvalue weighted by molar-refractivity contribution is 6.20. The van der Waals surface area contributed by atoms with Gasteiger partial charge in [0.05, 0.1) is 20.3 Å². The third-order valence-electron chi connectivity index (χ3n) is 3.00. The Bertz CT molecular complexity index is 381. The first-order valence-electron chi connectivity index (χ1n) is 5.72. The molecule has 1 aliphatic heterocycles. The van der Waals surface area contributed by atoms with Crippen LogP contribution in [0.4, 0.5) is 0 Å². The first-order chi connectivity index (χ1) is 8.24. The van der Waals surface area contributed by atoms with Gasteiger partial charge in [-0.3, -0.25) is 0 Å². The van der Waals surface area contributed by atoms with Crippen molar-refractivity contribution in [2.75, 3.05) is 20.8 Å². The normalized spacial score (nSPS) is 24.4. The second-order valence-corrected chi connectivity index (χ2v) is 4.71. The second-order valence-electron chi connectivity index (χ2n) is 4.09. The number of hydrogen-bond acceptors (Lipinski definition) is 3. The Morgan fingerprint density at radius 2 is 2.12 bits per heavy atom. The minimum absolute atomic E-state index is 0.00343. The average Bonchev–Trinajstić information content (AvgIpc) is 2.38. The van der Waals surface area contributed by atoms with E-state index in [0.29, 0.717) is 6.61 Å². The van der Waals surface area contributed by atoms with E-state index in [4.69, 9.17) is 25.8 Å². The molecule has 2 rings (SSSR count). The first kappa shape index (κ1) is 12.5. The third kappa shape index (κ3) is 2.85.